The van der Waals surface area contributed by atoms with Crippen LogP contribution in [0.1, 0.15) is 0 Å². The lowest BCUT2D eigenvalue weighted by Gasteiger charge is -2.36. The molecule has 0 aromatic heterocycles. The van der Waals surface area contributed by atoms with Crippen LogP contribution in [0, 0.1) is 0 Å². The van der Waals surface area contributed by atoms with Crippen LogP contribution in [0.4, 0.5) is 0 Å². The quantitative estimate of drug-likeness (QED) is 0.0771. The molecule has 0 unspecified atom stereocenters. The summed E-state index contributed by atoms with van der Waals surface area (Å²) >= 11 is 0. The molecule has 46 heavy (non-hydrogen) atoms. The predicted octanol–water partition coefficient (Wildman–Crippen LogP) is 9.02. The summed E-state index contributed by atoms with van der Waals surface area (Å²) in [5, 5.41) is 0. The Morgan fingerprint density at radius 2 is 0.609 bits per heavy atom. The molecule has 0 heterocycles. The van der Waals surface area contributed by atoms with Crippen LogP contribution in [0.15, 0.2) is 150 Å². The van der Waals surface area contributed by atoms with Crippen molar-refractivity contribution in [3.63, 3.8) is 0 Å². The normalized spacial score (nSPS) is 11.7. The standard InChI is InChI=1S/C36H48N4O4P2/c1-9-25-37(26-10-2)45(41,38(27-11-3)28-12-4)43-35-21-17-33(18-22-35)34-19-23-36(24-20-34)44-46(42,39(29-13-5)30-14-6)40(31-15-7)32-16-8/h9-24H,1-8,25-32H2. The minimum atomic E-state index is -3.57. The molecule has 0 aliphatic carbocycles. The van der Waals surface area contributed by atoms with Gasteiger partial charge in [0.05, 0.1) is 0 Å². The van der Waals surface area contributed by atoms with Crippen molar-refractivity contribution >= 4 is 15.3 Å². The topological polar surface area (TPSA) is 65.6 Å². The van der Waals surface area contributed by atoms with Crippen molar-refractivity contribution < 1.29 is 18.2 Å². The van der Waals surface area contributed by atoms with E-state index in [1.807, 2.05) is 24.3 Å². The summed E-state index contributed by atoms with van der Waals surface area (Å²) in [6.07, 6.45) is 13.5. The third-order valence-electron chi connectivity index (χ3n) is 6.64. The van der Waals surface area contributed by atoms with Crippen molar-refractivity contribution in [1.82, 2.24) is 18.7 Å². The molecule has 2 aromatic carbocycles. The van der Waals surface area contributed by atoms with E-state index in [1.54, 1.807) is 91.6 Å². The number of rotatable bonds is 25. The maximum Gasteiger partial charge on any atom is 0.396 e. The molecule has 0 aliphatic heterocycles. The van der Waals surface area contributed by atoms with E-state index in [4.69, 9.17) is 9.05 Å². The van der Waals surface area contributed by atoms with Gasteiger partial charge in [-0.05, 0) is 35.4 Å². The van der Waals surface area contributed by atoms with Gasteiger partial charge in [0.1, 0.15) is 11.5 Å². The third-order valence-corrected chi connectivity index (χ3v) is 11.7. The summed E-state index contributed by atoms with van der Waals surface area (Å²) in [4.78, 5) is 0. The van der Waals surface area contributed by atoms with Gasteiger partial charge in [-0.2, -0.15) is 0 Å². The highest BCUT2D eigenvalue weighted by Gasteiger charge is 2.39. The fourth-order valence-corrected chi connectivity index (χ4v) is 9.14. The predicted molar refractivity (Wildman–Crippen MR) is 196 cm³/mol. The number of hydrogen-bond acceptors (Lipinski definition) is 4. The van der Waals surface area contributed by atoms with Crippen LogP contribution in [0.25, 0.3) is 11.1 Å². The Hall–Kier alpha value is -3.74. The minimum Gasteiger partial charge on any atom is -0.422 e. The molecule has 0 saturated heterocycles. The van der Waals surface area contributed by atoms with Gasteiger partial charge in [-0.15, -0.1) is 52.6 Å². The fourth-order valence-electron chi connectivity index (χ4n) is 4.60. The van der Waals surface area contributed by atoms with Gasteiger partial charge in [-0.1, -0.05) is 72.9 Å². The lowest BCUT2D eigenvalue weighted by atomic mass is 10.1. The molecule has 0 spiro atoms. The zero-order valence-electron chi connectivity index (χ0n) is 26.9. The second kappa shape index (κ2) is 19.7. The molecule has 0 radical (unpaired) electrons. The maximum absolute atomic E-state index is 14.5. The van der Waals surface area contributed by atoms with E-state index < -0.39 is 15.3 Å². The molecule has 10 heteroatoms. The number of benzene rings is 2. The Bertz CT molecular complexity index is 1230. The number of nitrogens with zero attached hydrogens (tertiary/aromatic N) is 4. The van der Waals surface area contributed by atoms with E-state index in [0.29, 0.717) is 63.9 Å². The number of hydrogen-bond donors (Lipinski definition) is 0. The first kappa shape index (κ1) is 38.4. The average Bonchev–Trinajstić information content (AvgIpc) is 3.05. The molecule has 0 amide bonds. The molecular weight excluding hydrogens is 614 g/mol. The Labute approximate surface area is 276 Å². The zero-order valence-corrected chi connectivity index (χ0v) is 28.7. The summed E-state index contributed by atoms with van der Waals surface area (Å²) in [5.74, 6) is 0.886. The summed E-state index contributed by atoms with van der Waals surface area (Å²) in [6.45, 7) is 33.3. The molecule has 0 aliphatic rings. The van der Waals surface area contributed by atoms with Crippen LogP contribution in [0.2, 0.25) is 0 Å². The largest absolute Gasteiger partial charge is 0.422 e. The Morgan fingerprint density at radius 3 is 0.783 bits per heavy atom. The smallest absolute Gasteiger partial charge is 0.396 e. The van der Waals surface area contributed by atoms with E-state index >= 15 is 0 Å². The first-order valence-corrected chi connectivity index (χ1v) is 18.0. The molecular formula is C36H48N4O4P2. The van der Waals surface area contributed by atoms with E-state index in [9.17, 15) is 9.13 Å². The molecule has 2 aromatic rings. The highest BCUT2D eigenvalue weighted by Crippen LogP contribution is 2.55. The van der Waals surface area contributed by atoms with Crippen molar-refractivity contribution in [2.24, 2.45) is 0 Å². The lowest BCUT2D eigenvalue weighted by molar-refractivity contribution is 0.312. The Morgan fingerprint density at radius 1 is 0.413 bits per heavy atom. The molecule has 0 atom stereocenters. The van der Waals surface area contributed by atoms with E-state index in [-0.39, 0.29) is 0 Å². The van der Waals surface area contributed by atoms with Gasteiger partial charge < -0.3 is 9.05 Å². The van der Waals surface area contributed by atoms with Gasteiger partial charge in [0, 0.05) is 52.4 Å². The SMILES string of the molecule is C=CCN(CC=C)P(=O)(Oc1ccc(-c2ccc(OP(=O)(N(CC=C)CC=C)N(CC=C)CC=C)cc2)cc1)N(CC=C)CC=C. The van der Waals surface area contributed by atoms with Gasteiger partial charge in [-0.3, -0.25) is 0 Å². The van der Waals surface area contributed by atoms with Crippen molar-refractivity contribution in [3.8, 4) is 22.6 Å². The maximum atomic E-state index is 14.5. The van der Waals surface area contributed by atoms with Crippen molar-refractivity contribution in [2.45, 2.75) is 0 Å². The summed E-state index contributed by atoms with van der Waals surface area (Å²) in [7, 11) is -7.14. The van der Waals surface area contributed by atoms with Gasteiger partial charge >= 0.3 is 15.3 Å². The van der Waals surface area contributed by atoms with Crippen molar-refractivity contribution in [1.29, 1.82) is 0 Å². The Kier molecular flexibility index (Phi) is 16.5. The van der Waals surface area contributed by atoms with Gasteiger partial charge in [0.25, 0.3) is 0 Å². The van der Waals surface area contributed by atoms with Crippen LogP contribution >= 0.6 is 15.3 Å². The van der Waals surface area contributed by atoms with Gasteiger partial charge in [0.2, 0.25) is 0 Å². The molecule has 0 N–H and O–H groups in total. The molecule has 2 rings (SSSR count). The minimum absolute atomic E-state index is 0.339. The fraction of sp³-hybridized carbons (Fsp3) is 0.222. The van der Waals surface area contributed by atoms with Gasteiger partial charge in [0.15, 0.2) is 0 Å². The summed E-state index contributed by atoms with van der Waals surface area (Å²) in [6, 6.07) is 14.7. The van der Waals surface area contributed by atoms with Crippen LogP contribution in [-0.4, -0.2) is 71.0 Å². The summed E-state index contributed by atoms with van der Waals surface area (Å²) < 4.78 is 48.3. The first-order valence-electron chi connectivity index (χ1n) is 14.9. The lowest BCUT2D eigenvalue weighted by Crippen LogP contribution is -2.35. The van der Waals surface area contributed by atoms with E-state index in [0.717, 1.165) is 11.1 Å². The molecule has 8 nitrogen and oxygen atoms in total. The van der Waals surface area contributed by atoms with Crippen molar-refractivity contribution in [2.75, 3.05) is 52.4 Å². The summed E-state index contributed by atoms with van der Waals surface area (Å²) in [5.41, 5.74) is 1.81. The van der Waals surface area contributed by atoms with Crippen LogP contribution < -0.4 is 9.05 Å². The molecule has 246 valence electrons. The second-order valence-corrected chi connectivity index (χ2v) is 14.6. The van der Waals surface area contributed by atoms with Gasteiger partial charge in [-0.25, -0.2) is 27.8 Å². The first-order chi connectivity index (χ1) is 22.2. The van der Waals surface area contributed by atoms with E-state index in [1.165, 1.54) is 0 Å². The monoisotopic (exact) mass is 662 g/mol. The zero-order chi connectivity index (χ0) is 34.0. The molecule has 0 saturated carbocycles. The van der Waals surface area contributed by atoms with Crippen LogP contribution in [0.5, 0.6) is 11.5 Å². The van der Waals surface area contributed by atoms with Crippen LogP contribution in [-0.2, 0) is 9.13 Å². The van der Waals surface area contributed by atoms with E-state index in [2.05, 4.69) is 52.6 Å². The second-order valence-electron chi connectivity index (χ2n) is 10.0. The van der Waals surface area contributed by atoms with Crippen molar-refractivity contribution in [3.05, 3.63) is 150 Å². The molecule has 0 fully saturated rings. The highest BCUT2D eigenvalue weighted by molar-refractivity contribution is 7.54. The average molecular weight is 663 g/mol. The van der Waals surface area contributed by atoms with Crippen LogP contribution in [0.3, 0.4) is 0 Å². The Balaban J connectivity index is 2.40. The third kappa shape index (κ3) is 10.1. The molecule has 0 bridgehead atoms. The highest BCUT2D eigenvalue weighted by atomic mass is 31.2.